The highest BCUT2D eigenvalue weighted by atomic mass is 16.3. The Morgan fingerprint density at radius 2 is 0.730 bits per heavy atom. The van der Waals surface area contributed by atoms with Gasteiger partial charge in [-0.05, 0) is 117 Å². The van der Waals surface area contributed by atoms with E-state index >= 15 is 0 Å². The largest absolute Gasteiger partial charge is 0.456 e. The lowest BCUT2D eigenvalue weighted by Crippen LogP contribution is -2.09. The van der Waals surface area contributed by atoms with E-state index in [2.05, 4.69) is 240 Å². The molecule has 0 saturated heterocycles. The number of nitrogens with zero attached hydrogens (tertiary/aromatic N) is 2. The van der Waals surface area contributed by atoms with Crippen LogP contribution in [0.25, 0.3) is 93.9 Å². The molecule has 0 aliphatic rings. The smallest absolute Gasteiger partial charge is 0.136 e. The van der Waals surface area contributed by atoms with E-state index < -0.39 is 0 Å². The third kappa shape index (κ3) is 6.46. The van der Waals surface area contributed by atoms with Gasteiger partial charge >= 0.3 is 0 Å². The summed E-state index contributed by atoms with van der Waals surface area (Å²) in [7, 11) is 0. The number of fused-ring (bicyclic) bond motifs is 6. The molecule has 0 aliphatic carbocycles. The van der Waals surface area contributed by atoms with Gasteiger partial charge in [0.25, 0.3) is 0 Å². The average Bonchev–Trinajstić information content (AvgIpc) is 3.91. The van der Waals surface area contributed by atoms with E-state index in [1.807, 2.05) is 12.1 Å². The van der Waals surface area contributed by atoms with Crippen molar-refractivity contribution in [2.75, 3.05) is 4.90 Å². The van der Waals surface area contributed by atoms with E-state index in [4.69, 9.17) is 4.42 Å². The second kappa shape index (κ2) is 15.3. The fourth-order valence-electron chi connectivity index (χ4n) is 9.37. The topological polar surface area (TPSA) is 21.3 Å². The van der Waals surface area contributed by atoms with Crippen LogP contribution in [0.2, 0.25) is 0 Å². The third-order valence-corrected chi connectivity index (χ3v) is 12.4. The molecular formula is C60H40N2O. The van der Waals surface area contributed by atoms with Gasteiger partial charge in [0.15, 0.2) is 0 Å². The molecule has 63 heavy (non-hydrogen) atoms. The first-order valence-corrected chi connectivity index (χ1v) is 21.5. The number of para-hydroxylation sites is 3. The van der Waals surface area contributed by atoms with Gasteiger partial charge in [0.1, 0.15) is 11.2 Å². The molecule has 12 rings (SSSR count). The lowest BCUT2D eigenvalue weighted by atomic mass is 9.97. The van der Waals surface area contributed by atoms with Gasteiger partial charge in [-0.15, -0.1) is 0 Å². The summed E-state index contributed by atoms with van der Waals surface area (Å²) in [6, 6.07) is 87.1. The van der Waals surface area contributed by atoms with Crippen LogP contribution in [0.4, 0.5) is 17.1 Å². The van der Waals surface area contributed by atoms with E-state index in [9.17, 15) is 0 Å². The quantitative estimate of drug-likeness (QED) is 0.153. The molecule has 0 fully saturated rings. The highest BCUT2D eigenvalue weighted by Gasteiger charge is 2.17. The number of hydrogen-bond donors (Lipinski definition) is 0. The molecule has 0 radical (unpaired) electrons. The molecule has 2 aromatic heterocycles. The zero-order valence-corrected chi connectivity index (χ0v) is 34.4. The zero-order valence-electron chi connectivity index (χ0n) is 34.4. The normalized spacial score (nSPS) is 11.5. The number of anilines is 3. The van der Waals surface area contributed by atoms with Gasteiger partial charge in [-0.2, -0.15) is 0 Å². The minimum absolute atomic E-state index is 0.909. The molecule has 0 saturated carbocycles. The zero-order chi connectivity index (χ0) is 41.7. The van der Waals surface area contributed by atoms with Crippen LogP contribution >= 0.6 is 0 Å². The van der Waals surface area contributed by atoms with Gasteiger partial charge in [-0.25, -0.2) is 0 Å². The van der Waals surface area contributed by atoms with Crippen molar-refractivity contribution in [3.05, 3.63) is 243 Å². The van der Waals surface area contributed by atoms with E-state index in [0.29, 0.717) is 0 Å². The first kappa shape index (κ1) is 36.5. The Balaban J connectivity index is 0.879. The van der Waals surface area contributed by atoms with Gasteiger partial charge in [-0.3, -0.25) is 0 Å². The Labute approximate surface area is 366 Å². The lowest BCUT2D eigenvalue weighted by Gasteiger charge is -2.26. The molecule has 0 N–H and O–H groups in total. The van der Waals surface area contributed by atoms with Crippen LogP contribution in [0.15, 0.2) is 247 Å². The van der Waals surface area contributed by atoms with Gasteiger partial charge in [-0.1, -0.05) is 170 Å². The molecule has 0 unspecified atom stereocenters. The molecule has 10 aromatic carbocycles. The van der Waals surface area contributed by atoms with Crippen LogP contribution in [-0.2, 0) is 0 Å². The van der Waals surface area contributed by atoms with Crippen molar-refractivity contribution in [2.45, 2.75) is 0 Å². The van der Waals surface area contributed by atoms with Crippen LogP contribution < -0.4 is 4.90 Å². The van der Waals surface area contributed by atoms with Crippen molar-refractivity contribution < 1.29 is 4.42 Å². The molecule has 0 amide bonds. The Morgan fingerprint density at radius 1 is 0.302 bits per heavy atom. The molecule has 296 valence electrons. The monoisotopic (exact) mass is 804 g/mol. The number of hydrogen-bond acceptors (Lipinski definition) is 2. The van der Waals surface area contributed by atoms with E-state index in [-0.39, 0.29) is 0 Å². The van der Waals surface area contributed by atoms with E-state index in [1.165, 1.54) is 55.2 Å². The maximum absolute atomic E-state index is 6.19. The standard InChI is InChI=1S/C60H40N2O/c1-2-12-41(13-3-1)43-28-34-48(35-29-43)61(49-36-30-44(31-37-49)42-24-26-46(27-25-42)52-19-11-23-59-60(52)55-18-6-9-22-58(55)63-59)50-38-32-45(33-39-50)47-14-10-15-51(40-47)62-56-20-7-4-16-53(56)54-17-5-8-21-57(54)62/h1-40H. The fraction of sp³-hybridized carbons (Fsp3) is 0. The van der Waals surface area contributed by atoms with Crippen molar-refractivity contribution in [1.29, 1.82) is 0 Å². The van der Waals surface area contributed by atoms with Crippen LogP contribution in [0.5, 0.6) is 0 Å². The van der Waals surface area contributed by atoms with E-state index in [1.54, 1.807) is 0 Å². The lowest BCUT2D eigenvalue weighted by molar-refractivity contribution is 0.669. The highest BCUT2D eigenvalue weighted by Crippen LogP contribution is 2.40. The van der Waals surface area contributed by atoms with Gasteiger partial charge in [0, 0.05) is 44.3 Å². The second-order valence-corrected chi connectivity index (χ2v) is 16.1. The predicted molar refractivity (Wildman–Crippen MR) is 264 cm³/mol. The summed E-state index contributed by atoms with van der Waals surface area (Å²) in [6.45, 7) is 0. The number of furan rings is 1. The van der Waals surface area contributed by atoms with Crippen molar-refractivity contribution in [2.24, 2.45) is 0 Å². The molecule has 0 spiro atoms. The SMILES string of the molecule is c1ccc(-c2ccc(N(c3ccc(-c4ccc(-c5cccc6oc7ccccc7c56)cc4)cc3)c3ccc(-c4cccc(-n5c6ccccc6c6ccccc65)c4)cc3)cc2)cc1. The molecule has 2 heterocycles. The molecule has 12 aromatic rings. The van der Waals surface area contributed by atoms with Crippen molar-refractivity contribution in [3.63, 3.8) is 0 Å². The summed E-state index contributed by atoms with van der Waals surface area (Å²) >= 11 is 0. The fourth-order valence-corrected chi connectivity index (χ4v) is 9.37. The Morgan fingerprint density at radius 3 is 1.33 bits per heavy atom. The summed E-state index contributed by atoms with van der Waals surface area (Å²) in [5.41, 5.74) is 18.0. The van der Waals surface area contributed by atoms with Crippen molar-refractivity contribution in [3.8, 4) is 50.2 Å². The predicted octanol–water partition coefficient (Wildman–Crippen LogP) is 16.8. The molecule has 0 atom stereocenters. The second-order valence-electron chi connectivity index (χ2n) is 16.1. The van der Waals surface area contributed by atoms with Crippen LogP contribution in [0.1, 0.15) is 0 Å². The van der Waals surface area contributed by atoms with Crippen LogP contribution in [0, 0.1) is 0 Å². The van der Waals surface area contributed by atoms with E-state index in [0.717, 1.165) is 55.8 Å². The minimum Gasteiger partial charge on any atom is -0.456 e. The first-order valence-electron chi connectivity index (χ1n) is 21.5. The molecule has 0 aliphatic heterocycles. The average molecular weight is 805 g/mol. The van der Waals surface area contributed by atoms with Gasteiger partial charge < -0.3 is 13.9 Å². The summed E-state index contributed by atoms with van der Waals surface area (Å²) < 4.78 is 8.57. The van der Waals surface area contributed by atoms with Crippen molar-refractivity contribution in [1.82, 2.24) is 4.57 Å². The Kier molecular flexibility index (Phi) is 8.83. The maximum Gasteiger partial charge on any atom is 0.136 e. The van der Waals surface area contributed by atoms with Gasteiger partial charge in [0.05, 0.1) is 11.0 Å². The Bertz CT molecular complexity index is 3530. The molecule has 0 bridgehead atoms. The van der Waals surface area contributed by atoms with Crippen LogP contribution in [0.3, 0.4) is 0 Å². The number of aromatic nitrogens is 1. The maximum atomic E-state index is 6.19. The molecule has 3 heteroatoms. The third-order valence-electron chi connectivity index (χ3n) is 12.4. The van der Waals surface area contributed by atoms with Crippen LogP contribution in [-0.4, -0.2) is 4.57 Å². The molecular weight excluding hydrogens is 765 g/mol. The highest BCUT2D eigenvalue weighted by molar-refractivity contribution is 6.12. The number of benzene rings is 10. The Hall–Kier alpha value is -8.40. The summed E-state index contributed by atoms with van der Waals surface area (Å²) in [6.07, 6.45) is 0. The first-order chi connectivity index (χ1) is 31.2. The number of rotatable bonds is 8. The summed E-state index contributed by atoms with van der Waals surface area (Å²) in [5.74, 6) is 0. The summed E-state index contributed by atoms with van der Waals surface area (Å²) in [5, 5.41) is 4.82. The molecule has 3 nitrogen and oxygen atoms in total. The van der Waals surface area contributed by atoms with Gasteiger partial charge in [0.2, 0.25) is 0 Å². The van der Waals surface area contributed by atoms with Crippen molar-refractivity contribution >= 4 is 60.8 Å². The minimum atomic E-state index is 0.909. The summed E-state index contributed by atoms with van der Waals surface area (Å²) in [4.78, 5) is 2.34.